The molecule has 1 aromatic carbocycles. The highest BCUT2D eigenvalue weighted by Gasteiger charge is 2.26. The predicted molar refractivity (Wildman–Crippen MR) is 95.4 cm³/mol. The molecular formula is C17H22F2N4O2S. The molecule has 2 aromatic rings. The van der Waals surface area contributed by atoms with Gasteiger partial charge < -0.3 is 10.2 Å². The van der Waals surface area contributed by atoms with Crippen LogP contribution in [0.15, 0.2) is 41.6 Å². The Balaban J connectivity index is 1.57. The molecule has 142 valence electrons. The van der Waals surface area contributed by atoms with Crippen LogP contribution in [0.3, 0.4) is 0 Å². The van der Waals surface area contributed by atoms with E-state index in [-0.39, 0.29) is 0 Å². The number of benzene rings is 1. The second-order valence-corrected chi connectivity index (χ2v) is 8.27. The topological polar surface area (TPSA) is 67.2 Å². The lowest BCUT2D eigenvalue weighted by molar-refractivity contribution is 0.218. The zero-order chi connectivity index (χ0) is 18.6. The molecule has 0 saturated carbocycles. The summed E-state index contributed by atoms with van der Waals surface area (Å²) < 4.78 is 49.8. The summed E-state index contributed by atoms with van der Waals surface area (Å²) in [5.41, 5.74) is 1.36. The number of nitrogens with one attached hydrogen (secondary N) is 1. The van der Waals surface area contributed by atoms with E-state index < -0.39 is 20.5 Å². The minimum atomic E-state index is -4.56. The molecule has 0 bridgehead atoms. The van der Waals surface area contributed by atoms with Gasteiger partial charge in [-0.15, -0.1) is 0 Å². The first kappa shape index (κ1) is 18.8. The average Bonchev–Trinajstić information content (AvgIpc) is 3.08. The number of hydrogen-bond donors (Lipinski definition) is 1. The molecule has 3 rings (SSSR count). The van der Waals surface area contributed by atoms with Gasteiger partial charge in [0.15, 0.2) is 0 Å². The Morgan fingerprint density at radius 2 is 1.73 bits per heavy atom. The highest BCUT2D eigenvalue weighted by Crippen LogP contribution is 2.22. The fourth-order valence-electron chi connectivity index (χ4n) is 2.97. The molecule has 0 spiro atoms. The van der Waals surface area contributed by atoms with E-state index in [0.717, 1.165) is 31.9 Å². The minimum absolute atomic E-state index is 0.393. The van der Waals surface area contributed by atoms with Crippen LogP contribution in [0.1, 0.15) is 19.3 Å². The summed E-state index contributed by atoms with van der Waals surface area (Å²) in [7, 11) is -4.56. The SMILES string of the molecule is O=S(=O)(c1ccc(Nc2cnn(CCN3CCCCC3)c2)cc1)C(F)F. The number of halogens is 2. The molecule has 0 unspecified atom stereocenters. The highest BCUT2D eigenvalue weighted by molar-refractivity contribution is 7.91. The van der Waals surface area contributed by atoms with Crippen LogP contribution in [0.5, 0.6) is 0 Å². The Labute approximate surface area is 151 Å². The number of aromatic nitrogens is 2. The summed E-state index contributed by atoms with van der Waals surface area (Å²) >= 11 is 0. The molecule has 1 fully saturated rings. The maximum Gasteiger partial charge on any atom is 0.341 e. The van der Waals surface area contributed by atoms with Gasteiger partial charge in [0, 0.05) is 18.4 Å². The standard InChI is InChI=1S/C17H22F2N4O2S/c18-17(19)26(24,25)16-6-4-14(5-7-16)21-15-12-20-23(13-15)11-10-22-8-2-1-3-9-22/h4-7,12-13,17,21H,1-3,8-11H2. The van der Waals surface area contributed by atoms with Crippen molar-refractivity contribution in [3.63, 3.8) is 0 Å². The average molecular weight is 384 g/mol. The first-order chi connectivity index (χ1) is 12.4. The number of hydrogen-bond acceptors (Lipinski definition) is 5. The number of alkyl halides is 2. The van der Waals surface area contributed by atoms with E-state index in [0.29, 0.717) is 5.69 Å². The number of likely N-dealkylation sites (tertiary alicyclic amines) is 1. The van der Waals surface area contributed by atoms with Crippen LogP contribution in [0.25, 0.3) is 0 Å². The zero-order valence-electron chi connectivity index (χ0n) is 14.3. The second kappa shape index (κ2) is 8.13. The smallest absolute Gasteiger partial charge is 0.341 e. The Morgan fingerprint density at radius 1 is 1.04 bits per heavy atom. The van der Waals surface area contributed by atoms with Gasteiger partial charge in [-0.05, 0) is 50.2 Å². The van der Waals surface area contributed by atoms with Crippen molar-refractivity contribution in [3.8, 4) is 0 Å². The second-order valence-electron chi connectivity index (χ2n) is 6.35. The van der Waals surface area contributed by atoms with Crippen LogP contribution >= 0.6 is 0 Å². The van der Waals surface area contributed by atoms with Crippen molar-refractivity contribution in [2.75, 3.05) is 25.0 Å². The molecule has 0 amide bonds. The summed E-state index contributed by atoms with van der Waals surface area (Å²) in [6.07, 6.45) is 7.36. The molecule has 26 heavy (non-hydrogen) atoms. The van der Waals surface area contributed by atoms with Gasteiger partial charge in [-0.1, -0.05) is 6.42 Å². The number of piperidine rings is 1. The normalized spacial score (nSPS) is 16.1. The lowest BCUT2D eigenvalue weighted by Gasteiger charge is -2.26. The van der Waals surface area contributed by atoms with Gasteiger partial charge >= 0.3 is 5.76 Å². The van der Waals surface area contributed by atoms with E-state index in [1.165, 1.54) is 43.5 Å². The van der Waals surface area contributed by atoms with Crippen molar-refractivity contribution in [3.05, 3.63) is 36.7 Å². The van der Waals surface area contributed by atoms with Gasteiger partial charge in [0.25, 0.3) is 0 Å². The van der Waals surface area contributed by atoms with Gasteiger partial charge in [0.1, 0.15) is 0 Å². The van der Waals surface area contributed by atoms with E-state index in [1.54, 1.807) is 6.20 Å². The summed E-state index contributed by atoms with van der Waals surface area (Å²) in [5, 5.41) is 7.40. The Hall–Kier alpha value is -2.00. The van der Waals surface area contributed by atoms with Gasteiger partial charge in [-0.3, -0.25) is 4.68 Å². The number of rotatable bonds is 7. The molecular weight excluding hydrogens is 362 g/mol. The molecule has 1 aliphatic heterocycles. The largest absolute Gasteiger partial charge is 0.353 e. The van der Waals surface area contributed by atoms with Crippen LogP contribution in [-0.2, 0) is 16.4 Å². The fraction of sp³-hybridized carbons (Fsp3) is 0.471. The summed E-state index contributed by atoms with van der Waals surface area (Å²) in [6, 6.07) is 5.26. The zero-order valence-corrected chi connectivity index (χ0v) is 15.1. The van der Waals surface area contributed by atoms with Crippen LogP contribution in [0.4, 0.5) is 20.2 Å². The third-order valence-electron chi connectivity index (χ3n) is 4.43. The molecule has 1 saturated heterocycles. The minimum Gasteiger partial charge on any atom is -0.353 e. The van der Waals surface area contributed by atoms with Crippen LogP contribution in [-0.4, -0.2) is 48.5 Å². The molecule has 0 aliphatic carbocycles. The molecule has 2 heterocycles. The monoisotopic (exact) mass is 384 g/mol. The third kappa shape index (κ3) is 4.59. The first-order valence-corrected chi connectivity index (χ1v) is 10.1. The Kier molecular flexibility index (Phi) is 5.87. The fourth-order valence-corrected chi connectivity index (χ4v) is 3.70. The molecule has 0 radical (unpaired) electrons. The third-order valence-corrected chi connectivity index (χ3v) is 5.83. The van der Waals surface area contributed by atoms with Crippen molar-refractivity contribution < 1.29 is 17.2 Å². The van der Waals surface area contributed by atoms with Crippen molar-refractivity contribution in [1.82, 2.24) is 14.7 Å². The first-order valence-electron chi connectivity index (χ1n) is 8.59. The van der Waals surface area contributed by atoms with E-state index in [1.807, 2.05) is 10.9 Å². The quantitative estimate of drug-likeness (QED) is 0.795. The summed E-state index contributed by atoms with van der Waals surface area (Å²) in [6.45, 7) is 4.04. The lowest BCUT2D eigenvalue weighted by atomic mass is 10.1. The Morgan fingerprint density at radius 3 is 2.38 bits per heavy atom. The van der Waals surface area contributed by atoms with E-state index in [9.17, 15) is 17.2 Å². The van der Waals surface area contributed by atoms with Crippen LogP contribution < -0.4 is 5.32 Å². The summed E-state index contributed by atoms with van der Waals surface area (Å²) in [4.78, 5) is 2.04. The van der Waals surface area contributed by atoms with E-state index >= 15 is 0 Å². The maximum absolute atomic E-state index is 12.5. The van der Waals surface area contributed by atoms with Crippen LogP contribution in [0, 0.1) is 0 Å². The van der Waals surface area contributed by atoms with Crippen molar-refractivity contribution in [1.29, 1.82) is 0 Å². The molecule has 0 atom stereocenters. The summed E-state index contributed by atoms with van der Waals surface area (Å²) in [5.74, 6) is -3.42. The van der Waals surface area contributed by atoms with Crippen molar-refractivity contribution >= 4 is 21.2 Å². The number of sulfone groups is 1. The van der Waals surface area contributed by atoms with Gasteiger partial charge in [0.2, 0.25) is 9.84 Å². The number of nitrogens with zero attached hydrogens (tertiary/aromatic N) is 3. The molecule has 6 nitrogen and oxygen atoms in total. The van der Waals surface area contributed by atoms with Gasteiger partial charge in [-0.25, -0.2) is 8.42 Å². The maximum atomic E-state index is 12.5. The Bertz CT molecular complexity index is 816. The van der Waals surface area contributed by atoms with Gasteiger partial charge in [0.05, 0.1) is 23.3 Å². The number of anilines is 2. The molecule has 1 N–H and O–H groups in total. The molecule has 1 aliphatic rings. The predicted octanol–water partition coefficient (Wildman–Crippen LogP) is 3.11. The van der Waals surface area contributed by atoms with Crippen molar-refractivity contribution in [2.45, 2.75) is 36.5 Å². The van der Waals surface area contributed by atoms with E-state index in [2.05, 4.69) is 15.3 Å². The lowest BCUT2D eigenvalue weighted by Crippen LogP contribution is -2.32. The molecule has 1 aromatic heterocycles. The highest BCUT2D eigenvalue weighted by atomic mass is 32.2. The van der Waals surface area contributed by atoms with Crippen molar-refractivity contribution in [2.24, 2.45) is 0 Å². The van der Waals surface area contributed by atoms with Crippen LogP contribution in [0.2, 0.25) is 0 Å². The molecule has 9 heteroatoms. The van der Waals surface area contributed by atoms with E-state index in [4.69, 9.17) is 0 Å². The van der Waals surface area contributed by atoms with Gasteiger partial charge in [-0.2, -0.15) is 13.9 Å².